The van der Waals surface area contributed by atoms with Crippen LogP contribution in [-0.4, -0.2) is 14.6 Å². The van der Waals surface area contributed by atoms with Gasteiger partial charge in [-0.1, -0.05) is 0 Å². The second-order valence-electron chi connectivity index (χ2n) is 3.24. The van der Waals surface area contributed by atoms with Crippen LogP contribution in [0.1, 0.15) is 5.69 Å². The quantitative estimate of drug-likeness (QED) is 0.478. The van der Waals surface area contributed by atoms with Crippen LogP contribution in [-0.2, 0) is 0 Å². The number of rotatable bonds is 0. The minimum absolute atomic E-state index is 0.101. The highest BCUT2D eigenvalue weighted by Gasteiger charge is 2.14. The Bertz CT molecular complexity index is 771. The van der Waals surface area contributed by atoms with Gasteiger partial charge in [0.2, 0.25) is 0 Å². The smallest absolute Gasteiger partial charge is 0.386 e. The molecule has 0 radical (unpaired) electrons. The van der Waals surface area contributed by atoms with Gasteiger partial charge in [-0.05, 0) is 6.92 Å². The first kappa shape index (κ1) is 8.10. The third-order valence-corrected chi connectivity index (χ3v) is 2.30. The molecule has 3 aromatic heterocycles. The van der Waals surface area contributed by atoms with Crippen molar-refractivity contribution in [1.29, 1.82) is 0 Å². The zero-order chi connectivity index (χ0) is 10.6. The maximum atomic E-state index is 11.4. The average molecular weight is 203 g/mol. The van der Waals surface area contributed by atoms with Gasteiger partial charge in [-0.3, -0.25) is 4.79 Å². The lowest BCUT2D eigenvalue weighted by Crippen LogP contribution is -2.23. The van der Waals surface area contributed by atoms with Crippen molar-refractivity contribution in [3.8, 4) is 0 Å². The monoisotopic (exact) mass is 203 g/mol. The van der Waals surface area contributed by atoms with Crippen LogP contribution in [0.2, 0.25) is 0 Å². The predicted octanol–water partition coefficient (Wildman–Crippen LogP) is -0.0579. The van der Waals surface area contributed by atoms with Crippen LogP contribution < -0.4 is 11.1 Å². The maximum Gasteiger partial charge on any atom is 0.386 e. The van der Waals surface area contributed by atoms with E-state index in [1.54, 1.807) is 13.0 Å². The fourth-order valence-electron chi connectivity index (χ4n) is 1.65. The van der Waals surface area contributed by atoms with Gasteiger partial charge in [0.1, 0.15) is 17.4 Å². The third kappa shape index (κ3) is 0.876. The van der Waals surface area contributed by atoms with Crippen molar-refractivity contribution in [2.24, 2.45) is 0 Å². The first-order valence-electron chi connectivity index (χ1n) is 4.28. The Morgan fingerprint density at radius 1 is 1.40 bits per heavy atom. The first-order chi connectivity index (χ1) is 7.18. The van der Waals surface area contributed by atoms with E-state index in [-0.39, 0.29) is 5.52 Å². The maximum absolute atomic E-state index is 11.4. The largest absolute Gasteiger partial charge is 0.418 e. The summed E-state index contributed by atoms with van der Waals surface area (Å²) >= 11 is 0. The van der Waals surface area contributed by atoms with Crippen LogP contribution in [0.4, 0.5) is 0 Å². The molecule has 0 unspecified atom stereocenters. The van der Waals surface area contributed by atoms with Gasteiger partial charge in [0.25, 0.3) is 5.43 Å². The van der Waals surface area contributed by atoms with Gasteiger partial charge in [0.15, 0.2) is 5.58 Å². The molecule has 0 aliphatic carbocycles. The fraction of sp³-hybridized carbons (Fsp3) is 0.111. The molecule has 6 heteroatoms. The molecule has 0 aromatic carbocycles. The summed E-state index contributed by atoms with van der Waals surface area (Å²) in [5, 5.41) is 3.97. The molecule has 0 spiro atoms. The van der Waals surface area contributed by atoms with Crippen LogP contribution in [0.15, 0.2) is 26.4 Å². The number of aromatic nitrogens is 3. The Kier molecular flexibility index (Phi) is 1.30. The van der Waals surface area contributed by atoms with Gasteiger partial charge in [-0.2, -0.15) is 5.10 Å². The molecule has 0 saturated carbocycles. The lowest BCUT2D eigenvalue weighted by Gasteiger charge is -1.96. The molecule has 0 aliphatic rings. The SMILES string of the molecule is Cc1cc2oc(=O)c(=O)c3ncnn1c23. The molecule has 3 heterocycles. The lowest BCUT2D eigenvalue weighted by atomic mass is 10.3. The molecular formula is C9H5N3O3. The number of hydrogen-bond donors (Lipinski definition) is 0. The van der Waals surface area contributed by atoms with E-state index in [9.17, 15) is 9.59 Å². The molecule has 0 fully saturated rings. The summed E-state index contributed by atoms with van der Waals surface area (Å²) in [6.07, 6.45) is 1.25. The third-order valence-electron chi connectivity index (χ3n) is 2.30. The molecule has 3 aromatic rings. The molecule has 6 nitrogen and oxygen atoms in total. The number of nitrogens with zero attached hydrogens (tertiary/aromatic N) is 3. The molecule has 0 bridgehead atoms. The van der Waals surface area contributed by atoms with Gasteiger partial charge in [-0.15, -0.1) is 0 Å². The van der Waals surface area contributed by atoms with Crippen LogP contribution in [0.25, 0.3) is 16.6 Å². The van der Waals surface area contributed by atoms with Gasteiger partial charge >= 0.3 is 5.63 Å². The molecule has 0 aliphatic heterocycles. The normalized spacial score (nSPS) is 11.5. The Morgan fingerprint density at radius 2 is 2.20 bits per heavy atom. The summed E-state index contributed by atoms with van der Waals surface area (Å²) in [6, 6.07) is 1.65. The van der Waals surface area contributed by atoms with E-state index >= 15 is 0 Å². The van der Waals surface area contributed by atoms with E-state index in [0.29, 0.717) is 11.1 Å². The lowest BCUT2D eigenvalue weighted by molar-refractivity contribution is 0.555. The van der Waals surface area contributed by atoms with Gasteiger partial charge in [0.05, 0.1) is 0 Å². The number of aryl methyl sites for hydroxylation is 1. The molecule has 15 heavy (non-hydrogen) atoms. The van der Waals surface area contributed by atoms with Crippen LogP contribution in [0.5, 0.6) is 0 Å². The molecule has 0 atom stereocenters. The summed E-state index contributed by atoms with van der Waals surface area (Å²) < 4.78 is 6.38. The molecule has 3 rings (SSSR count). The zero-order valence-corrected chi connectivity index (χ0v) is 7.72. The predicted molar refractivity (Wildman–Crippen MR) is 51.2 cm³/mol. The second-order valence-corrected chi connectivity index (χ2v) is 3.24. The van der Waals surface area contributed by atoms with Gasteiger partial charge < -0.3 is 4.42 Å². The summed E-state index contributed by atoms with van der Waals surface area (Å²) in [7, 11) is 0. The highest BCUT2D eigenvalue weighted by atomic mass is 16.4. The van der Waals surface area contributed by atoms with Crippen molar-refractivity contribution >= 4 is 16.6 Å². The highest BCUT2D eigenvalue weighted by Crippen LogP contribution is 2.17. The van der Waals surface area contributed by atoms with Crippen molar-refractivity contribution in [2.75, 3.05) is 0 Å². The Morgan fingerprint density at radius 3 is 3.00 bits per heavy atom. The molecular weight excluding hydrogens is 198 g/mol. The van der Waals surface area contributed by atoms with E-state index in [4.69, 9.17) is 4.42 Å². The van der Waals surface area contributed by atoms with E-state index in [2.05, 4.69) is 10.1 Å². The topological polar surface area (TPSA) is 77.5 Å². The average Bonchev–Trinajstić information content (AvgIpc) is 2.54. The molecule has 0 N–H and O–H groups in total. The Balaban J connectivity index is 2.84. The molecule has 0 saturated heterocycles. The van der Waals surface area contributed by atoms with E-state index in [0.717, 1.165) is 5.69 Å². The van der Waals surface area contributed by atoms with Crippen LogP contribution in [0, 0.1) is 6.92 Å². The molecule has 74 valence electrons. The Labute approximate surface area is 82.1 Å². The van der Waals surface area contributed by atoms with Gasteiger partial charge in [0, 0.05) is 11.8 Å². The van der Waals surface area contributed by atoms with E-state index in [1.807, 2.05) is 0 Å². The Hall–Kier alpha value is -2.24. The minimum atomic E-state index is -0.895. The van der Waals surface area contributed by atoms with Crippen LogP contribution >= 0.6 is 0 Å². The van der Waals surface area contributed by atoms with Crippen molar-refractivity contribution in [3.63, 3.8) is 0 Å². The first-order valence-corrected chi connectivity index (χ1v) is 4.28. The van der Waals surface area contributed by atoms with Gasteiger partial charge in [-0.25, -0.2) is 14.3 Å². The summed E-state index contributed by atoms with van der Waals surface area (Å²) in [5.74, 6) is 0. The second kappa shape index (κ2) is 2.41. The van der Waals surface area contributed by atoms with Crippen molar-refractivity contribution in [2.45, 2.75) is 6.92 Å². The zero-order valence-electron chi connectivity index (χ0n) is 7.72. The summed E-state index contributed by atoms with van der Waals surface area (Å²) in [5.41, 5.74) is 0.0597. The van der Waals surface area contributed by atoms with E-state index in [1.165, 1.54) is 10.8 Å². The van der Waals surface area contributed by atoms with Crippen molar-refractivity contribution < 1.29 is 4.42 Å². The number of hydrogen-bond acceptors (Lipinski definition) is 5. The highest BCUT2D eigenvalue weighted by molar-refractivity contribution is 5.89. The molecule has 0 amide bonds. The van der Waals surface area contributed by atoms with Crippen molar-refractivity contribution in [1.82, 2.24) is 14.6 Å². The fourth-order valence-corrected chi connectivity index (χ4v) is 1.65. The minimum Gasteiger partial charge on any atom is -0.418 e. The standard InChI is InChI=1S/C9H5N3O3/c1-4-2-5-7-6(8(13)9(14)15-5)10-3-11-12(4)7/h2-3H,1H3. The summed E-state index contributed by atoms with van der Waals surface area (Å²) in [6.45, 7) is 1.80. The van der Waals surface area contributed by atoms with Crippen molar-refractivity contribution in [3.05, 3.63) is 38.7 Å². The summed E-state index contributed by atoms with van der Waals surface area (Å²) in [4.78, 5) is 26.4. The van der Waals surface area contributed by atoms with Crippen LogP contribution in [0.3, 0.4) is 0 Å². The van der Waals surface area contributed by atoms with E-state index < -0.39 is 11.1 Å².